The number of amides is 1. The average Bonchev–Trinajstić information content (AvgIpc) is 2.49. The van der Waals surface area contributed by atoms with Crippen LogP contribution in [-0.4, -0.2) is 19.1 Å². The smallest absolute Gasteiger partial charge is 0.255 e. The predicted molar refractivity (Wildman–Crippen MR) is 86.1 cm³/mol. The first-order valence-electron chi connectivity index (χ1n) is 6.90. The van der Waals surface area contributed by atoms with Gasteiger partial charge in [0.1, 0.15) is 5.75 Å². The topological polar surface area (TPSA) is 50.4 Å². The number of anilines is 2. The molecule has 0 saturated carbocycles. The SMILES string of the molecule is COc1ccc(C(=O)Nc2ccc(NC(C)C)cc2)cc1. The van der Waals surface area contributed by atoms with Gasteiger partial charge in [0.25, 0.3) is 5.91 Å². The van der Waals surface area contributed by atoms with E-state index < -0.39 is 0 Å². The van der Waals surface area contributed by atoms with Crippen molar-refractivity contribution in [3.05, 3.63) is 54.1 Å². The molecule has 0 unspecified atom stereocenters. The van der Waals surface area contributed by atoms with Gasteiger partial charge in [-0.2, -0.15) is 0 Å². The average molecular weight is 284 g/mol. The highest BCUT2D eigenvalue weighted by Gasteiger charge is 2.06. The number of hydrogen-bond acceptors (Lipinski definition) is 3. The lowest BCUT2D eigenvalue weighted by atomic mass is 10.2. The first kappa shape index (κ1) is 14.9. The van der Waals surface area contributed by atoms with E-state index in [1.54, 1.807) is 31.4 Å². The summed E-state index contributed by atoms with van der Waals surface area (Å²) >= 11 is 0. The molecule has 21 heavy (non-hydrogen) atoms. The summed E-state index contributed by atoms with van der Waals surface area (Å²) in [5.74, 6) is 0.595. The summed E-state index contributed by atoms with van der Waals surface area (Å²) in [6, 6.07) is 15.1. The van der Waals surface area contributed by atoms with Crippen LogP contribution in [0.1, 0.15) is 24.2 Å². The fraction of sp³-hybridized carbons (Fsp3) is 0.235. The quantitative estimate of drug-likeness (QED) is 0.878. The molecule has 4 heteroatoms. The normalized spacial score (nSPS) is 10.3. The van der Waals surface area contributed by atoms with E-state index in [-0.39, 0.29) is 5.91 Å². The lowest BCUT2D eigenvalue weighted by molar-refractivity contribution is 0.102. The van der Waals surface area contributed by atoms with Gasteiger partial charge in [-0.3, -0.25) is 4.79 Å². The summed E-state index contributed by atoms with van der Waals surface area (Å²) in [5.41, 5.74) is 2.40. The monoisotopic (exact) mass is 284 g/mol. The number of rotatable bonds is 5. The molecule has 2 aromatic carbocycles. The van der Waals surface area contributed by atoms with E-state index in [4.69, 9.17) is 4.74 Å². The van der Waals surface area contributed by atoms with Gasteiger partial charge in [-0.1, -0.05) is 0 Å². The van der Waals surface area contributed by atoms with Crippen molar-refractivity contribution in [1.82, 2.24) is 0 Å². The zero-order valence-corrected chi connectivity index (χ0v) is 12.5. The van der Waals surface area contributed by atoms with Crippen LogP contribution in [0.25, 0.3) is 0 Å². The predicted octanol–water partition coefficient (Wildman–Crippen LogP) is 3.77. The van der Waals surface area contributed by atoms with Crippen LogP contribution < -0.4 is 15.4 Å². The molecule has 0 aliphatic carbocycles. The summed E-state index contributed by atoms with van der Waals surface area (Å²) in [6.45, 7) is 4.17. The van der Waals surface area contributed by atoms with Gasteiger partial charge in [-0.15, -0.1) is 0 Å². The van der Waals surface area contributed by atoms with Crippen molar-refractivity contribution in [2.45, 2.75) is 19.9 Å². The highest BCUT2D eigenvalue weighted by molar-refractivity contribution is 6.04. The zero-order valence-electron chi connectivity index (χ0n) is 12.5. The highest BCUT2D eigenvalue weighted by Crippen LogP contribution is 2.16. The van der Waals surface area contributed by atoms with Gasteiger partial charge in [0.15, 0.2) is 0 Å². The van der Waals surface area contributed by atoms with Crippen molar-refractivity contribution < 1.29 is 9.53 Å². The summed E-state index contributed by atoms with van der Waals surface area (Å²) in [6.07, 6.45) is 0. The maximum atomic E-state index is 12.1. The van der Waals surface area contributed by atoms with E-state index >= 15 is 0 Å². The Morgan fingerprint density at radius 1 is 0.952 bits per heavy atom. The maximum absolute atomic E-state index is 12.1. The number of ether oxygens (including phenoxy) is 1. The fourth-order valence-corrected chi connectivity index (χ4v) is 1.93. The van der Waals surface area contributed by atoms with E-state index in [9.17, 15) is 4.79 Å². The van der Waals surface area contributed by atoms with Crippen molar-refractivity contribution in [1.29, 1.82) is 0 Å². The van der Waals surface area contributed by atoms with Gasteiger partial charge in [0, 0.05) is 23.0 Å². The van der Waals surface area contributed by atoms with Gasteiger partial charge >= 0.3 is 0 Å². The number of hydrogen-bond donors (Lipinski definition) is 2. The molecule has 0 heterocycles. The standard InChI is InChI=1S/C17H20N2O2/c1-12(2)18-14-6-8-15(9-7-14)19-17(20)13-4-10-16(21-3)11-5-13/h4-12,18H,1-3H3,(H,19,20). The molecule has 0 aromatic heterocycles. The van der Waals surface area contributed by atoms with Crippen molar-refractivity contribution >= 4 is 17.3 Å². The largest absolute Gasteiger partial charge is 0.497 e. The van der Waals surface area contributed by atoms with Gasteiger partial charge < -0.3 is 15.4 Å². The van der Waals surface area contributed by atoms with Crippen LogP contribution >= 0.6 is 0 Å². The van der Waals surface area contributed by atoms with Crippen molar-refractivity contribution in [3.63, 3.8) is 0 Å². The van der Waals surface area contributed by atoms with Gasteiger partial charge in [-0.25, -0.2) is 0 Å². The van der Waals surface area contributed by atoms with Crippen LogP contribution in [0, 0.1) is 0 Å². The van der Waals surface area contributed by atoms with Crippen LogP contribution in [-0.2, 0) is 0 Å². The molecular formula is C17H20N2O2. The third kappa shape index (κ3) is 4.24. The van der Waals surface area contributed by atoms with E-state index in [0.717, 1.165) is 17.1 Å². The molecule has 110 valence electrons. The lowest BCUT2D eigenvalue weighted by Gasteiger charge is -2.11. The number of benzene rings is 2. The van der Waals surface area contributed by atoms with Gasteiger partial charge in [0.05, 0.1) is 7.11 Å². The summed E-state index contributed by atoms with van der Waals surface area (Å²) in [4.78, 5) is 12.1. The van der Waals surface area contributed by atoms with Crippen molar-refractivity contribution in [3.8, 4) is 5.75 Å². The Morgan fingerprint density at radius 3 is 2.05 bits per heavy atom. The number of carbonyl (C=O) groups is 1. The Morgan fingerprint density at radius 2 is 1.52 bits per heavy atom. The second-order valence-corrected chi connectivity index (χ2v) is 5.06. The highest BCUT2D eigenvalue weighted by atomic mass is 16.5. The third-order valence-corrected chi connectivity index (χ3v) is 2.95. The molecule has 0 spiro atoms. The van der Waals surface area contributed by atoms with Gasteiger partial charge in [-0.05, 0) is 62.4 Å². The van der Waals surface area contributed by atoms with Gasteiger partial charge in [0.2, 0.25) is 0 Å². The Bertz CT molecular complexity index is 589. The second kappa shape index (κ2) is 6.79. The second-order valence-electron chi connectivity index (χ2n) is 5.06. The molecule has 0 aliphatic rings. The van der Waals surface area contributed by atoms with Crippen LogP contribution in [0.5, 0.6) is 5.75 Å². The van der Waals surface area contributed by atoms with Crippen LogP contribution in [0.4, 0.5) is 11.4 Å². The van der Waals surface area contributed by atoms with Crippen LogP contribution in [0.2, 0.25) is 0 Å². The fourth-order valence-electron chi connectivity index (χ4n) is 1.93. The molecule has 0 atom stereocenters. The van der Waals surface area contributed by atoms with Crippen molar-refractivity contribution in [2.24, 2.45) is 0 Å². The molecule has 0 aliphatic heterocycles. The molecule has 2 N–H and O–H groups in total. The molecule has 0 fully saturated rings. The van der Waals surface area contributed by atoms with E-state index in [2.05, 4.69) is 24.5 Å². The van der Waals surface area contributed by atoms with E-state index in [1.165, 1.54) is 0 Å². The van der Waals surface area contributed by atoms with E-state index in [1.807, 2.05) is 24.3 Å². The molecule has 2 rings (SSSR count). The molecule has 4 nitrogen and oxygen atoms in total. The molecule has 0 bridgehead atoms. The van der Waals surface area contributed by atoms with Crippen molar-refractivity contribution in [2.75, 3.05) is 17.7 Å². The molecule has 1 amide bonds. The Balaban J connectivity index is 2.01. The minimum atomic E-state index is -0.137. The Labute approximate surface area is 125 Å². The summed E-state index contributed by atoms with van der Waals surface area (Å²) in [7, 11) is 1.60. The van der Waals surface area contributed by atoms with E-state index in [0.29, 0.717) is 11.6 Å². The third-order valence-electron chi connectivity index (χ3n) is 2.95. The summed E-state index contributed by atoms with van der Waals surface area (Å²) in [5, 5.41) is 6.17. The molecule has 0 radical (unpaired) electrons. The Kier molecular flexibility index (Phi) is 4.82. The van der Waals surface area contributed by atoms with Crippen LogP contribution in [0.3, 0.4) is 0 Å². The van der Waals surface area contributed by atoms with Crippen LogP contribution in [0.15, 0.2) is 48.5 Å². The number of methoxy groups -OCH3 is 1. The first-order chi connectivity index (χ1) is 10.1. The minimum absolute atomic E-state index is 0.137. The maximum Gasteiger partial charge on any atom is 0.255 e. The first-order valence-corrected chi connectivity index (χ1v) is 6.90. The Hall–Kier alpha value is -2.49. The zero-order chi connectivity index (χ0) is 15.2. The molecular weight excluding hydrogens is 264 g/mol. The lowest BCUT2D eigenvalue weighted by Crippen LogP contribution is -2.12. The minimum Gasteiger partial charge on any atom is -0.497 e. The number of carbonyl (C=O) groups excluding carboxylic acids is 1. The molecule has 2 aromatic rings. The molecule has 0 saturated heterocycles. The number of nitrogens with one attached hydrogen (secondary N) is 2. The summed E-state index contributed by atoms with van der Waals surface area (Å²) < 4.78 is 5.07.